The quantitative estimate of drug-likeness (QED) is 0.426. The SMILES string of the molecule is CCC(CCC(=O)Nc1cc(C(=O)O)nn1C)NC(=O)OCC1c2ccccc2-c2ccccc21. The predicted octanol–water partition coefficient (Wildman–Crippen LogP) is 4.15. The lowest BCUT2D eigenvalue weighted by atomic mass is 9.98. The Morgan fingerprint density at radius 2 is 1.71 bits per heavy atom. The Morgan fingerprint density at radius 1 is 1.09 bits per heavy atom. The smallest absolute Gasteiger partial charge is 0.407 e. The number of carbonyl (C=O) groups excluding carboxylic acids is 2. The lowest BCUT2D eigenvalue weighted by Crippen LogP contribution is -2.36. The number of aromatic carboxylic acids is 1. The number of carbonyl (C=O) groups is 3. The molecule has 0 aliphatic heterocycles. The van der Waals surface area contributed by atoms with E-state index in [0.717, 1.165) is 11.1 Å². The van der Waals surface area contributed by atoms with E-state index in [9.17, 15) is 14.4 Å². The van der Waals surface area contributed by atoms with E-state index in [1.807, 2.05) is 31.2 Å². The van der Waals surface area contributed by atoms with Crippen molar-refractivity contribution in [1.29, 1.82) is 0 Å². The zero-order chi connectivity index (χ0) is 24.9. The Labute approximate surface area is 203 Å². The molecule has 1 aromatic heterocycles. The van der Waals surface area contributed by atoms with Gasteiger partial charge in [-0.25, -0.2) is 9.59 Å². The number of nitrogens with one attached hydrogen (secondary N) is 2. The molecule has 9 nitrogen and oxygen atoms in total. The van der Waals surface area contributed by atoms with Crippen LogP contribution in [-0.4, -0.2) is 45.5 Å². The first-order chi connectivity index (χ1) is 16.9. The number of rotatable bonds is 9. The number of nitrogens with zero attached hydrogens (tertiary/aromatic N) is 2. The Bertz CT molecular complexity index is 1210. The maximum atomic E-state index is 12.5. The maximum Gasteiger partial charge on any atom is 0.407 e. The van der Waals surface area contributed by atoms with Gasteiger partial charge in [0, 0.05) is 31.5 Å². The number of aromatic nitrogens is 2. The summed E-state index contributed by atoms with van der Waals surface area (Å²) in [6.07, 6.45) is 0.676. The highest BCUT2D eigenvalue weighted by Gasteiger charge is 2.29. The van der Waals surface area contributed by atoms with Crippen molar-refractivity contribution < 1.29 is 24.2 Å². The number of hydrogen-bond acceptors (Lipinski definition) is 5. The Balaban J connectivity index is 1.28. The van der Waals surface area contributed by atoms with Gasteiger partial charge < -0.3 is 20.5 Å². The highest BCUT2D eigenvalue weighted by atomic mass is 16.5. The Morgan fingerprint density at radius 3 is 2.29 bits per heavy atom. The molecule has 0 spiro atoms. The lowest BCUT2D eigenvalue weighted by Gasteiger charge is -2.19. The average Bonchev–Trinajstić information content (AvgIpc) is 3.38. The molecule has 3 aromatic rings. The van der Waals surface area contributed by atoms with Crippen molar-refractivity contribution in [3.8, 4) is 11.1 Å². The van der Waals surface area contributed by atoms with Crippen LogP contribution in [0.2, 0.25) is 0 Å². The number of fused-ring (bicyclic) bond motifs is 3. The van der Waals surface area contributed by atoms with Crippen molar-refractivity contribution in [3.63, 3.8) is 0 Å². The summed E-state index contributed by atoms with van der Waals surface area (Å²) in [4.78, 5) is 35.9. The average molecular weight is 477 g/mol. The molecule has 0 bridgehead atoms. The van der Waals surface area contributed by atoms with Crippen LogP contribution in [0.4, 0.5) is 10.6 Å². The maximum absolute atomic E-state index is 12.5. The number of carboxylic acids is 1. The van der Waals surface area contributed by atoms with Crippen LogP contribution in [0.15, 0.2) is 54.6 Å². The molecule has 0 saturated carbocycles. The van der Waals surface area contributed by atoms with E-state index in [0.29, 0.717) is 18.7 Å². The molecule has 0 fully saturated rings. The van der Waals surface area contributed by atoms with E-state index in [1.54, 1.807) is 7.05 Å². The summed E-state index contributed by atoms with van der Waals surface area (Å²) in [6, 6.07) is 17.4. The van der Waals surface area contributed by atoms with Gasteiger partial charge in [0.25, 0.3) is 0 Å². The third-order valence-electron chi connectivity index (χ3n) is 6.24. The fourth-order valence-electron chi connectivity index (χ4n) is 4.38. The minimum atomic E-state index is -1.17. The lowest BCUT2D eigenvalue weighted by molar-refractivity contribution is -0.116. The Hall–Kier alpha value is -4.14. The number of hydrogen-bond donors (Lipinski definition) is 3. The standard InChI is InChI=1S/C26H28N4O5/c1-3-16(12-13-24(31)28-23-14-22(25(32)33)29-30(23)2)27-26(34)35-15-21-19-10-6-4-8-17(19)18-9-5-7-11-20(18)21/h4-11,14,16,21H,3,12-13,15H2,1-2H3,(H,27,34)(H,28,31)(H,32,33). The van der Waals surface area contributed by atoms with Crippen LogP contribution in [0.25, 0.3) is 11.1 Å². The summed E-state index contributed by atoms with van der Waals surface area (Å²) in [6.45, 7) is 2.15. The first-order valence-electron chi connectivity index (χ1n) is 11.6. The number of aryl methyl sites for hydroxylation is 1. The van der Waals surface area contributed by atoms with Gasteiger partial charge >= 0.3 is 12.1 Å². The molecule has 1 heterocycles. The number of amides is 2. The molecule has 4 rings (SSSR count). The van der Waals surface area contributed by atoms with Gasteiger partial charge in [-0.15, -0.1) is 0 Å². The van der Waals surface area contributed by atoms with Gasteiger partial charge in [0.2, 0.25) is 5.91 Å². The summed E-state index contributed by atoms with van der Waals surface area (Å²) in [5, 5.41) is 18.3. The van der Waals surface area contributed by atoms with Crippen LogP contribution in [-0.2, 0) is 16.6 Å². The number of alkyl carbamates (subject to hydrolysis) is 1. The molecule has 1 atom stereocenters. The summed E-state index contributed by atoms with van der Waals surface area (Å²) in [7, 11) is 1.55. The first-order valence-corrected chi connectivity index (χ1v) is 11.6. The second-order valence-electron chi connectivity index (χ2n) is 8.51. The van der Waals surface area contributed by atoms with E-state index in [4.69, 9.17) is 9.84 Å². The molecule has 1 unspecified atom stereocenters. The summed E-state index contributed by atoms with van der Waals surface area (Å²) >= 11 is 0. The molecular weight excluding hydrogens is 448 g/mol. The van der Waals surface area contributed by atoms with E-state index in [-0.39, 0.29) is 36.6 Å². The molecule has 9 heteroatoms. The number of benzene rings is 2. The predicted molar refractivity (Wildman–Crippen MR) is 130 cm³/mol. The molecule has 3 N–H and O–H groups in total. The molecule has 182 valence electrons. The van der Waals surface area contributed by atoms with Gasteiger partial charge in [-0.05, 0) is 35.1 Å². The van der Waals surface area contributed by atoms with E-state index >= 15 is 0 Å². The fraction of sp³-hybridized carbons (Fsp3) is 0.308. The van der Waals surface area contributed by atoms with Crippen molar-refractivity contribution in [1.82, 2.24) is 15.1 Å². The second-order valence-corrected chi connectivity index (χ2v) is 8.51. The van der Waals surface area contributed by atoms with Gasteiger partial charge in [0.15, 0.2) is 5.69 Å². The number of carboxylic acid groups (broad SMARTS) is 1. The minimum absolute atomic E-state index is 0.0198. The first kappa shape index (κ1) is 24.0. The normalized spacial score (nSPS) is 13.0. The monoisotopic (exact) mass is 476 g/mol. The van der Waals surface area contributed by atoms with Crippen LogP contribution >= 0.6 is 0 Å². The topological polar surface area (TPSA) is 123 Å². The van der Waals surface area contributed by atoms with Crippen molar-refractivity contribution in [2.24, 2.45) is 7.05 Å². The summed E-state index contributed by atoms with van der Waals surface area (Å²) in [5.74, 6) is -1.18. The zero-order valence-corrected chi connectivity index (χ0v) is 19.7. The molecular formula is C26H28N4O5. The largest absolute Gasteiger partial charge is 0.476 e. The van der Waals surface area contributed by atoms with Gasteiger partial charge in [0.1, 0.15) is 12.4 Å². The van der Waals surface area contributed by atoms with E-state index in [1.165, 1.54) is 21.9 Å². The van der Waals surface area contributed by atoms with E-state index in [2.05, 4.69) is 40.0 Å². The second kappa shape index (κ2) is 10.4. The van der Waals surface area contributed by atoms with Crippen molar-refractivity contribution in [2.45, 2.75) is 38.1 Å². The fourth-order valence-corrected chi connectivity index (χ4v) is 4.38. The van der Waals surface area contributed by atoms with Crippen LogP contribution in [0.3, 0.4) is 0 Å². The van der Waals surface area contributed by atoms with Crippen molar-refractivity contribution in [2.75, 3.05) is 11.9 Å². The molecule has 35 heavy (non-hydrogen) atoms. The van der Waals surface area contributed by atoms with Crippen LogP contribution in [0, 0.1) is 0 Å². The molecule has 2 amide bonds. The van der Waals surface area contributed by atoms with Gasteiger partial charge in [-0.2, -0.15) is 5.10 Å². The molecule has 0 radical (unpaired) electrons. The molecule has 2 aromatic carbocycles. The number of ether oxygens (including phenoxy) is 1. The van der Waals surface area contributed by atoms with Gasteiger partial charge in [0.05, 0.1) is 0 Å². The van der Waals surface area contributed by atoms with E-state index < -0.39 is 12.1 Å². The van der Waals surface area contributed by atoms with Crippen molar-refractivity contribution >= 4 is 23.8 Å². The van der Waals surface area contributed by atoms with Gasteiger partial charge in [-0.1, -0.05) is 55.5 Å². The van der Waals surface area contributed by atoms with Crippen molar-refractivity contribution in [3.05, 3.63) is 71.4 Å². The summed E-state index contributed by atoms with van der Waals surface area (Å²) in [5.41, 5.74) is 4.47. The van der Waals surface area contributed by atoms with Crippen LogP contribution in [0.5, 0.6) is 0 Å². The number of anilines is 1. The third-order valence-corrected chi connectivity index (χ3v) is 6.24. The van der Waals surface area contributed by atoms with Crippen LogP contribution in [0.1, 0.15) is 53.7 Å². The highest BCUT2D eigenvalue weighted by molar-refractivity contribution is 5.92. The van der Waals surface area contributed by atoms with Crippen LogP contribution < -0.4 is 10.6 Å². The third kappa shape index (κ3) is 5.34. The van der Waals surface area contributed by atoms with Gasteiger partial charge in [-0.3, -0.25) is 9.48 Å². The molecule has 1 aliphatic rings. The molecule has 0 saturated heterocycles. The minimum Gasteiger partial charge on any atom is -0.476 e. The highest BCUT2D eigenvalue weighted by Crippen LogP contribution is 2.44. The zero-order valence-electron chi connectivity index (χ0n) is 19.7. The molecule has 1 aliphatic carbocycles. The Kier molecular flexibility index (Phi) is 7.14. The summed E-state index contributed by atoms with van der Waals surface area (Å²) < 4.78 is 6.90.